The predicted molar refractivity (Wildman–Crippen MR) is 95.3 cm³/mol. The molecule has 5 nitrogen and oxygen atoms in total. The lowest BCUT2D eigenvalue weighted by molar-refractivity contribution is 0.0931. The van der Waals surface area contributed by atoms with Crippen molar-refractivity contribution in [1.29, 1.82) is 5.26 Å². The van der Waals surface area contributed by atoms with Crippen LogP contribution in [0.2, 0.25) is 0 Å². The van der Waals surface area contributed by atoms with Gasteiger partial charge in [-0.3, -0.25) is 4.79 Å². The number of nitrogens with zero attached hydrogens (tertiary/aromatic N) is 2. The average molecular weight is 350 g/mol. The normalized spacial score (nSPS) is 24.0. The number of rotatable bonds is 4. The monoisotopic (exact) mass is 350 g/mol. The molecule has 2 saturated heterocycles. The van der Waals surface area contributed by atoms with Crippen molar-refractivity contribution >= 4 is 17.7 Å². The molecule has 25 heavy (non-hydrogen) atoms. The Bertz CT molecular complexity index is 813. The Hall–Kier alpha value is -2.36. The van der Waals surface area contributed by atoms with Crippen molar-refractivity contribution in [2.24, 2.45) is 0 Å². The van der Waals surface area contributed by atoms with Crippen LogP contribution in [-0.4, -0.2) is 29.0 Å². The minimum atomic E-state index is -0.00376. The summed E-state index contributed by atoms with van der Waals surface area (Å²) < 4.78 is 0. The van der Waals surface area contributed by atoms with Gasteiger partial charge in [-0.1, -0.05) is 11.8 Å². The van der Waals surface area contributed by atoms with Gasteiger partial charge in [0.15, 0.2) is 0 Å². The van der Waals surface area contributed by atoms with Gasteiger partial charge in [-0.05, 0) is 55.7 Å². The maximum Gasteiger partial charge on any atom is 0.251 e. The zero-order valence-electron chi connectivity index (χ0n) is 13.6. The van der Waals surface area contributed by atoms with E-state index in [4.69, 9.17) is 5.26 Å². The van der Waals surface area contributed by atoms with E-state index in [1.807, 2.05) is 36.4 Å². The Morgan fingerprint density at radius 1 is 1.20 bits per heavy atom. The van der Waals surface area contributed by atoms with Gasteiger partial charge in [0, 0.05) is 39.7 Å². The molecule has 0 radical (unpaired) electrons. The number of nitriles is 1. The van der Waals surface area contributed by atoms with Gasteiger partial charge in [0.2, 0.25) is 0 Å². The molecule has 126 valence electrons. The molecule has 6 heteroatoms. The number of hydrogen-bond donors (Lipinski definition) is 2. The van der Waals surface area contributed by atoms with Crippen LogP contribution >= 0.6 is 11.8 Å². The Morgan fingerprint density at radius 2 is 2.00 bits per heavy atom. The summed E-state index contributed by atoms with van der Waals surface area (Å²) in [6.45, 7) is 0. The molecule has 2 bridgehead atoms. The maximum absolute atomic E-state index is 12.4. The second kappa shape index (κ2) is 6.87. The van der Waals surface area contributed by atoms with E-state index in [0.717, 1.165) is 22.6 Å². The van der Waals surface area contributed by atoms with Crippen LogP contribution in [0.5, 0.6) is 0 Å². The fourth-order valence-electron chi connectivity index (χ4n) is 3.55. The quantitative estimate of drug-likeness (QED) is 0.886. The summed E-state index contributed by atoms with van der Waals surface area (Å²) in [6, 6.07) is 14.5. The van der Waals surface area contributed by atoms with Gasteiger partial charge >= 0.3 is 0 Å². The summed E-state index contributed by atoms with van der Waals surface area (Å²) in [5, 5.41) is 15.5. The van der Waals surface area contributed by atoms with E-state index >= 15 is 0 Å². The Kier molecular flexibility index (Phi) is 4.43. The van der Waals surface area contributed by atoms with Crippen molar-refractivity contribution in [3.05, 3.63) is 53.9 Å². The molecule has 3 atom stereocenters. The average Bonchev–Trinajstić information content (AvgIpc) is 3.26. The van der Waals surface area contributed by atoms with Crippen molar-refractivity contribution in [1.82, 2.24) is 15.6 Å². The van der Waals surface area contributed by atoms with Crippen molar-refractivity contribution in [2.45, 2.75) is 47.2 Å². The van der Waals surface area contributed by atoms with Crippen molar-refractivity contribution < 1.29 is 4.79 Å². The summed E-state index contributed by atoms with van der Waals surface area (Å²) in [5.41, 5.74) is 1.09. The maximum atomic E-state index is 12.4. The molecule has 3 heterocycles. The van der Waals surface area contributed by atoms with Crippen LogP contribution in [-0.2, 0) is 0 Å². The number of benzene rings is 1. The zero-order chi connectivity index (χ0) is 17.2. The number of carbonyl (C=O) groups is 1. The lowest BCUT2D eigenvalue weighted by atomic mass is 9.95. The highest BCUT2D eigenvalue weighted by molar-refractivity contribution is 7.99. The highest BCUT2D eigenvalue weighted by atomic mass is 32.2. The molecule has 1 aromatic heterocycles. The number of carbonyl (C=O) groups excluding carboxylic acids is 1. The van der Waals surface area contributed by atoms with Crippen LogP contribution < -0.4 is 10.6 Å². The number of amides is 1. The molecular formula is C19H18N4OS. The van der Waals surface area contributed by atoms with Crippen LogP contribution in [0.25, 0.3) is 0 Å². The molecular weight excluding hydrogens is 332 g/mol. The molecule has 0 spiro atoms. The van der Waals surface area contributed by atoms with Gasteiger partial charge in [0.05, 0.1) is 0 Å². The van der Waals surface area contributed by atoms with Crippen molar-refractivity contribution in [3.8, 4) is 6.07 Å². The number of fused-ring (bicyclic) bond motifs is 2. The van der Waals surface area contributed by atoms with Gasteiger partial charge in [0.1, 0.15) is 11.8 Å². The zero-order valence-corrected chi connectivity index (χ0v) is 14.4. The molecule has 1 amide bonds. The lowest BCUT2D eigenvalue weighted by Gasteiger charge is -2.21. The third-order valence-corrected chi connectivity index (χ3v) is 5.80. The second-order valence-electron chi connectivity index (χ2n) is 6.48. The molecule has 1 aromatic carbocycles. The van der Waals surface area contributed by atoms with E-state index in [9.17, 15) is 4.79 Å². The summed E-state index contributed by atoms with van der Waals surface area (Å²) >= 11 is 1.56. The molecule has 0 saturated carbocycles. The standard InChI is InChI=1S/C19H18N4OS/c20-10-14-3-7-16(11-21-14)25-15-5-1-12(2-6-15)19(24)23-18-9-13-4-8-17(18)22-13/h1-3,5-7,11,13,17-18,22H,4,8-9H2,(H,23,24). The highest BCUT2D eigenvalue weighted by Gasteiger charge is 2.39. The third kappa shape index (κ3) is 3.53. The number of aromatic nitrogens is 1. The van der Waals surface area contributed by atoms with Crippen LogP contribution in [0.3, 0.4) is 0 Å². The summed E-state index contributed by atoms with van der Waals surface area (Å²) in [7, 11) is 0. The second-order valence-corrected chi connectivity index (χ2v) is 7.63. The molecule has 2 N–H and O–H groups in total. The first kappa shape index (κ1) is 16.1. The number of nitrogens with one attached hydrogen (secondary N) is 2. The molecule has 0 aliphatic carbocycles. The van der Waals surface area contributed by atoms with Gasteiger partial charge < -0.3 is 10.6 Å². The van der Waals surface area contributed by atoms with Gasteiger partial charge in [-0.15, -0.1) is 0 Å². The fraction of sp³-hybridized carbons (Fsp3) is 0.316. The van der Waals surface area contributed by atoms with Crippen LogP contribution in [0, 0.1) is 11.3 Å². The summed E-state index contributed by atoms with van der Waals surface area (Å²) in [4.78, 5) is 18.5. The summed E-state index contributed by atoms with van der Waals surface area (Å²) in [5.74, 6) is -0.00376. The Morgan fingerprint density at radius 3 is 2.60 bits per heavy atom. The molecule has 2 aromatic rings. The molecule has 2 aliphatic rings. The van der Waals surface area contributed by atoms with Gasteiger partial charge in [-0.2, -0.15) is 5.26 Å². The van der Waals surface area contributed by atoms with E-state index < -0.39 is 0 Å². The van der Waals surface area contributed by atoms with Gasteiger partial charge in [-0.25, -0.2) is 4.98 Å². The largest absolute Gasteiger partial charge is 0.348 e. The van der Waals surface area contributed by atoms with E-state index in [2.05, 4.69) is 15.6 Å². The first-order valence-corrected chi connectivity index (χ1v) is 9.24. The van der Waals surface area contributed by atoms with Crippen LogP contribution in [0.1, 0.15) is 35.3 Å². The van der Waals surface area contributed by atoms with Crippen molar-refractivity contribution in [3.63, 3.8) is 0 Å². The van der Waals surface area contributed by atoms with Crippen LogP contribution in [0.15, 0.2) is 52.4 Å². The van der Waals surface area contributed by atoms with Gasteiger partial charge in [0.25, 0.3) is 5.91 Å². The smallest absolute Gasteiger partial charge is 0.251 e. The number of pyridine rings is 1. The topological polar surface area (TPSA) is 77.8 Å². The summed E-state index contributed by atoms with van der Waals surface area (Å²) in [6.07, 6.45) is 5.11. The van der Waals surface area contributed by atoms with Crippen LogP contribution in [0.4, 0.5) is 0 Å². The third-order valence-electron chi connectivity index (χ3n) is 4.82. The van der Waals surface area contributed by atoms with E-state index in [0.29, 0.717) is 23.3 Å². The fourth-order valence-corrected chi connectivity index (χ4v) is 4.34. The highest BCUT2D eigenvalue weighted by Crippen LogP contribution is 2.29. The SMILES string of the molecule is N#Cc1ccc(Sc2ccc(C(=O)NC3CC4CCC3N4)cc2)cn1. The Labute approximate surface area is 150 Å². The molecule has 4 rings (SSSR count). The first-order valence-electron chi connectivity index (χ1n) is 8.42. The van der Waals surface area contributed by atoms with Crippen molar-refractivity contribution in [2.75, 3.05) is 0 Å². The lowest BCUT2D eigenvalue weighted by Crippen LogP contribution is -2.42. The Balaban J connectivity index is 1.37. The number of hydrogen-bond acceptors (Lipinski definition) is 5. The minimum absolute atomic E-state index is 0.00376. The molecule has 3 unspecified atom stereocenters. The first-order chi connectivity index (χ1) is 12.2. The molecule has 2 aliphatic heterocycles. The predicted octanol–water partition coefficient (Wildman–Crippen LogP) is 2.73. The molecule has 2 fully saturated rings. The van der Waals surface area contributed by atoms with E-state index in [1.54, 1.807) is 24.0 Å². The van der Waals surface area contributed by atoms with E-state index in [1.165, 1.54) is 6.42 Å². The minimum Gasteiger partial charge on any atom is -0.348 e. The van der Waals surface area contributed by atoms with E-state index in [-0.39, 0.29) is 11.9 Å².